The molecular formula is C12H17F2N3O. The number of nitrogens with one attached hydrogen (secondary N) is 1. The quantitative estimate of drug-likeness (QED) is 0.780. The molecule has 0 spiro atoms. The van der Waals surface area contributed by atoms with Crippen molar-refractivity contribution in [3.8, 4) is 0 Å². The van der Waals surface area contributed by atoms with Crippen LogP contribution in [0, 0.1) is 11.6 Å². The van der Waals surface area contributed by atoms with E-state index in [4.69, 9.17) is 5.73 Å². The molecule has 0 aliphatic carbocycles. The first-order valence-corrected chi connectivity index (χ1v) is 5.67. The Kier molecular flexibility index (Phi) is 5.03. The van der Waals surface area contributed by atoms with Crippen molar-refractivity contribution in [2.75, 3.05) is 32.4 Å². The minimum Gasteiger partial charge on any atom is -0.396 e. The van der Waals surface area contributed by atoms with E-state index >= 15 is 0 Å². The maximum absolute atomic E-state index is 13.5. The third-order valence-corrected chi connectivity index (χ3v) is 2.63. The number of likely N-dealkylation sites (N-methyl/N-ethyl adjacent to an activating group) is 1. The minimum absolute atomic E-state index is 0.360. The molecule has 18 heavy (non-hydrogen) atoms. The van der Waals surface area contributed by atoms with Gasteiger partial charge in [-0.2, -0.15) is 0 Å². The molecule has 0 atom stereocenters. The Morgan fingerprint density at radius 1 is 1.44 bits per heavy atom. The molecule has 1 aromatic carbocycles. The van der Waals surface area contributed by atoms with Gasteiger partial charge in [-0.3, -0.25) is 4.79 Å². The van der Waals surface area contributed by atoms with Crippen molar-refractivity contribution in [2.45, 2.75) is 6.92 Å². The molecule has 1 aromatic rings. The van der Waals surface area contributed by atoms with E-state index in [0.29, 0.717) is 13.1 Å². The van der Waals surface area contributed by atoms with Crippen LogP contribution in [0.1, 0.15) is 17.3 Å². The predicted octanol–water partition coefficient (Wildman–Crippen LogP) is 1.23. The van der Waals surface area contributed by atoms with Crippen LogP contribution in [0.5, 0.6) is 0 Å². The number of benzene rings is 1. The molecule has 0 saturated carbocycles. The number of nitrogen functional groups attached to an aromatic ring is 1. The van der Waals surface area contributed by atoms with Crippen LogP contribution in [-0.4, -0.2) is 37.5 Å². The fourth-order valence-electron chi connectivity index (χ4n) is 1.39. The second kappa shape index (κ2) is 6.30. The highest BCUT2D eigenvalue weighted by Gasteiger charge is 2.15. The molecule has 0 heterocycles. The molecule has 1 amide bonds. The van der Waals surface area contributed by atoms with E-state index in [0.717, 1.165) is 18.7 Å². The first-order valence-electron chi connectivity index (χ1n) is 5.67. The number of nitrogens with zero attached hydrogens (tertiary/aromatic N) is 1. The van der Waals surface area contributed by atoms with Crippen molar-refractivity contribution in [3.63, 3.8) is 0 Å². The molecule has 0 aliphatic rings. The van der Waals surface area contributed by atoms with E-state index in [-0.39, 0.29) is 11.3 Å². The minimum atomic E-state index is -0.891. The molecule has 1 rings (SSSR count). The Labute approximate surface area is 105 Å². The number of amides is 1. The number of carbonyl (C=O) groups excluding carboxylic acids is 1. The number of nitrogens with two attached hydrogens (primary N) is 1. The Morgan fingerprint density at radius 3 is 2.72 bits per heavy atom. The van der Waals surface area contributed by atoms with Gasteiger partial charge in [-0.25, -0.2) is 8.78 Å². The summed E-state index contributed by atoms with van der Waals surface area (Å²) < 4.78 is 26.6. The van der Waals surface area contributed by atoms with Crippen molar-refractivity contribution in [1.29, 1.82) is 0 Å². The maximum Gasteiger partial charge on any atom is 0.254 e. The summed E-state index contributed by atoms with van der Waals surface area (Å²) in [5.74, 6) is -2.29. The van der Waals surface area contributed by atoms with Crippen LogP contribution in [0.15, 0.2) is 12.1 Å². The highest BCUT2D eigenvalue weighted by Crippen LogP contribution is 2.17. The Morgan fingerprint density at radius 2 is 2.11 bits per heavy atom. The fraction of sp³-hybridized carbons (Fsp3) is 0.417. The van der Waals surface area contributed by atoms with Crippen LogP contribution >= 0.6 is 0 Å². The summed E-state index contributed by atoms with van der Waals surface area (Å²) in [6.45, 7) is 3.82. The molecule has 0 unspecified atom stereocenters. The SMILES string of the molecule is CCN(C)CCNC(=O)c1cc(F)cc(N)c1F. The molecule has 0 aromatic heterocycles. The van der Waals surface area contributed by atoms with Crippen molar-refractivity contribution in [2.24, 2.45) is 0 Å². The van der Waals surface area contributed by atoms with Gasteiger partial charge in [0, 0.05) is 13.1 Å². The zero-order valence-corrected chi connectivity index (χ0v) is 10.5. The van der Waals surface area contributed by atoms with Gasteiger partial charge in [0.05, 0.1) is 11.3 Å². The monoisotopic (exact) mass is 257 g/mol. The first-order chi connectivity index (χ1) is 8.45. The average Bonchev–Trinajstić information content (AvgIpc) is 2.33. The van der Waals surface area contributed by atoms with Crippen molar-refractivity contribution in [1.82, 2.24) is 10.2 Å². The lowest BCUT2D eigenvalue weighted by Gasteiger charge is -2.14. The van der Waals surface area contributed by atoms with Gasteiger partial charge in [-0.15, -0.1) is 0 Å². The lowest BCUT2D eigenvalue weighted by atomic mass is 10.1. The molecule has 6 heteroatoms. The van der Waals surface area contributed by atoms with E-state index < -0.39 is 17.5 Å². The van der Waals surface area contributed by atoms with Crippen LogP contribution in [0.2, 0.25) is 0 Å². The second-order valence-electron chi connectivity index (χ2n) is 4.01. The summed E-state index contributed by atoms with van der Waals surface area (Å²) in [6.07, 6.45) is 0. The summed E-state index contributed by atoms with van der Waals surface area (Å²) in [4.78, 5) is 13.6. The molecule has 0 saturated heterocycles. The predicted molar refractivity (Wildman–Crippen MR) is 66.3 cm³/mol. The lowest BCUT2D eigenvalue weighted by Crippen LogP contribution is -2.33. The van der Waals surface area contributed by atoms with Gasteiger partial charge < -0.3 is 16.0 Å². The van der Waals surface area contributed by atoms with Gasteiger partial charge in [0.15, 0.2) is 5.82 Å². The highest BCUT2D eigenvalue weighted by atomic mass is 19.1. The van der Waals surface area contributed by atoms with E-state index in [1.165, 1.54) is 0 Å². The van der Waals surface area contributed by atoms with Crippen LogP contribution in [0.4, 0.5) is 14.5 Å². The number of hydrogen-bond acceptors (Lipinski definition) is 3. The number of carbonyl (C=O) groups is 1. The van der Waals surface area contributed by atoms with Gasteiger partial charge in [0.25, 0.3) is 5.91 Å². The van der Waals surface area contributed by atoms with E-state index in [2.05, 4.69) is 5.32 Å². The van der Waals surface area contributed by atoms with Crippen molar-refractivity contribution < 1.29 is 13.6 Å². The number of halogens is 2. The maximum atomic E-state index is 13.5. The third kappa shape index (κ3) is 3.66. The van der Waals surface area contributed by atoms with E-state index in [9.17, 15) is 13.6 Å². The number of hydrogen-bond donors (Lipinski definition) is 2. The van der Waals surface area contributed by atoms with Crippen LogP contribution in [0.25, 0.3) is 0 Å². The Bertz CT molecular complexity index is 438. The number of anilines is 1. The average molecular weight is 257 g/mol. The molecule has 0 aliphatic heterocycles. The fourth-order valence-corrected chi connectivity index (χ4v) is 1.39. The largest absolute Gasteiger partial charge is 0.396 e. The van der Waals surface area contributed by atoms with Gasteiger partial charge in [0.2, 0.25) is 0 Å². The van der Waals surface area contributed by atoms with E-state index in [1.807, 2.05) is 18.9 Å². The zero-order valence-electron chi connectivity index (χ0n) is 10.5. The van der Waals surface area contributed by atoms with E-state index in [1.54, 1.807) is 0 Å². The normalized spacial score (nSPS) is 10.7. The smallest absolute Gasteiger partial charge is 0.254 e. The van der Waals surface area contributed by atoms with Crippen LogP contribution < -0.4 is 11.1 Å². The highest BCUT2D eigenvalue weighted by molar-refractivity contribution is 5.95. The van der Waals surface area contributed by atoms with Crippen molar-refractivity contribution >= 4 is 11.6 Å². The van der Waals surface area contributed by atoms with Gasteiger partial charge in [-0.1, -0.05) is 6.92 Å². The molecule has 0 fully saturated rings. The standard InChI is InChI=1S/C12H17F2N3O/c1-3-17(2)5-4-16-12(18)9-6-8(13)7-10(15)11(9)14/h6-7H,3-5,15H2,1-2H3,(H,16,18). The van der Waals surface area contributed by atoms with Crippen LogP contribution in [-0.2, 0) is 0 Å². The van der Waals surface area contributed by atoms with Gasteiger partial charge in [-0.05, 0) is 25.7 Å². The second-order valence-corrected chi connectivity index (χ2v) is 4.01. The summed E-state index contributed by atoms with van der Waals surface area (Å²) in [7, 11) is 1.90. The molecule has 4 nitrogen and oxygen atoms in total. The molecular weight excluding hydrogens is 240 g/mol. The lowest BCUT2D eigenvalue weighted by molar-refractivity contribution is 0.0945. The van der Waals surface area contributed by atoms with Gasteiger partial charge >= 0.3 is 0 Å². The summed E-state index contributed by atoms with van der Waals surface area (Å²) in [6, 6.07) is 1.68. The Hall–Kier alpha value is -1.69. The molecule has 3 N–H and O–H groups in total. The molecule has 0 bridgehead atoms. The number of rotatable bonds is 5. The molecule has 100 valence electrons. The topological polar surface area (TPSA) is 58.4 Å². The summed E-state index contributed by atoms with van der Waals surface area (Å²) in [5, 5.41) is 2.52. The summed E-state index contributed by atoms with van der Waals surface area (Å²) in [5.41, 5.74) is 4.52. The third-order valence-electron chi connectivity index (χ3n) is 2.63. The van der Waals surface area contributed by atoms with Gasteiger partial charge in [0.1, 0.15) is 5.82 Å². The zero-order chi connectivity index (χ0) is 13.7. The Balaban J connectivity index is 2.67. The molecule has 0 radical (unpaired) electrons. The summed E-state index contributed by atoms with van der Waals surface area (Å²) >= 11 is 0. The van der Waals surface area contributed by atoms with Crippen molar-refractivity contribution in [3.05, 3.63) is 29.3 Å². The first kappa shape index (κ1) is 14.4. The van der Waals surface area contributed by atoms with Crippen LogP contribution in [0.3, 0.4) is 0 Å².